The molecule has 3 rings (SSSR count). The largest absolute Gasteiger partial charge is 0.462 e. The van der Waals surface area contributed by atoms with E-state index >= 15 is 0 Å². The topological polar surface area (TPSA) is 173 Å². The van der Waals surface area contributed by atoms with Crippen LogP contribution < -0.4 is 0 Å². The third-order valence-electron chi connectivity index (χ3n) is 5.03. The van der Waals surface area contributed by atoms with Crippen LogP contribution in [-0.2, 0) is 4.74 Å². The molecule has 1 aliphatic rings. The van der Waals surface area contributed by atoms with Gasteiger partial charge in [0, 0.05) is 34.9 Å². The Bertz CT molecular complexity index is 1170. The number of ether oxygens (including phenoxy) is 1. The Morgan fingerprint density at radius 1 is 0.844 bits per heavy atom. The Morgan fingerprint density at radius 3 is 2.00 bits per heavy atom. The molecule has 2 aromatic rings. The first-order valence-electron chi connectivity index (χ1n) is 9.68. The summed E-state index contributed by atoms with van der Waals surface area (Å²) in [6, 6.07) is 3.32. The first-order valence-corrected chi connectivity index (χ1v) is 9.68. The van der Waals surface area contributed by atoms with E-state index in [1.807, 2.05) is 6.92 Å². The summed E-state index contributed by atoms with van der Waals surface area (Å²) in [7, 11) is 0. The van der Waals surface area contributed by atoms with Crippen molar-refractivity contribution in [3.8, 4) is 11.1 Å². The maximum atomic E-state index is 12.9. The second-order valence-corrected chi connectivity index (χ2v) is 7.10. The molecule has 0 aliphatic heterocycles. The van der Waals surface area contributed by atoms with E-state index in [1.165, 1.54) is 0 Å². The minimum Gasteiger partial charge on any atom is -0.462 e. The van der Waals surface area contributed by atoms with Gasteiger partial charge in [-0.15, -0.1) is 0 Å². The number of esters is 1. The fourth-order valence-corrected chi connectivity index (χ4v) is 3.56. The Kier molecular flexibility index (Phi) is 6.23. The predicted molar refractivity (Wildman–Crippen MR) is 110 cm³/mol. The summed E-state index contributed by atoms with van der Waals surface area (Å²) < 4.78 is 5.20. The number of fused-ring (bicyclic) bond motifs is 3. The van der Waals surface area contributed by atoms with E-state index in [0.717, 1.165) is 37.5 Å². The molecule has 0 bridgehead atoms. The fraction of sp³-hybridized carbons (Fsp3) is 0.300. The van der Waals surface area contributed by atoms with Crippen molar-refractivity contribution in [3.63, 3.8) is 0 Å². The van der Waals surface area contributed by atoms with Gasteiger partial charge >= 0.3 is 5.97 Å². The van der Waals surface area contributed by atoms with E-state index in [-0.39, 0.29) is 34.4 Å². The number of ketones is 1. The molecule has 0 amide bonds. The van der Waals surface area contributed by atoms with Crippen LogP contribution in [0.5, 0.6) is 0 Å². The van der Waals surface area contributed by atoms with Crippen molar-refractivity contribution < 1.29 is 29.1 Å². The molecular formula is C20H17N3O9. The third kappa shape index (κ3) is 4.02. The van der Waals surface area contributed by atoms with E-state index < -0.39 is 43.6 Å². The average Bonchev–Trinajstić information content (AvgIpc) is 3.04. The van der Waals surface area contributed by atoms with Crippen LogP contribution in [0.2, 0.25) is 0 Å². The van der Waals surface area contributed by atoms with E-state index in [2.05, 4.69) is 0 Å². The molecule has 0 aromatic heterocycles. The molecule has 0 N–H and O–H groups in total. The molecule has 166 valence electrons. The smallest absolute Gasteiger partial charge is 0.339 e. The first kappa shape index (κ1) is 22.5. The number of non-ortho nitro benzene ring substituents is 2. The van der Waals surface area contributed by atoms with E-state index in [1.54, 1.807) is 0 Å². The van der Waals surface area contributed by atoms with Gasteiger partial charge in [0.1, 0.15) is 0 Å². The fourth-order valence-electron chi connectivity index (χ4n) is 3.56. The first-order chi connectivity index (χ1) is 15.2. The van der Waals surface area contributed by atoms with Crippen LogP contribution in [0.1, 0.15) is 58.9 Å². The summed E-state index contributed by atoms with van der Waals surface area (Å²) in [4.78, 5) is 57.2. The van der Waals surface area contributed by atoms with E-state index in [0.29, 0.717) is 12.5 Å². The highest BCUT2D eigenvalue weighted by Gasteiger charge is 2.40. The van der Waals surface area contributed by atoms with Crippen LogP contribution >= 0.6 is 0 Å². The number of nitro groups is 3. The van der Waals surface area contributed by atoms with E-state index in [4.69, 9.17) is 4.74 Å². The molecule has 32 heavy (non-hydrogen) atoms. The zero-order chi connectivity index (χ0) is 23.6. The molecular weight excluding hydrogens is 426 g/mol. The van der Waals surface area contributed by atoms with Crippen molar-refractivity contribution in [1.29, 1.82) is 0 Å². The maximum Gasteiger partial charge on any atom is 0.339 e. The summed E-state index contributed by atoms with van der Waals surface area (Å²) in [6.45, 7) is 2.03. The number of rotatable bonds is 9. The predicted octanol–water partition coefficient (Wildman–Crippen LogP) is 4.36. The van der Waals surface area contributed by atoms with Crippen LogP contribution in [0, 0.1) is 30.3 Å². The molecule has 0 saturated carbocycles. The Balaban J connectivity index is 2.18. The van der Waals surface area contributed by atoms with Gasteiger partial charge in [0.2, 0.25) is 0 Å². The summed E-state index contributed by atoms with van der Waals surface area (Å²) in [5, 5.41) is 34.2. The number of nitro benzene ring substituents is 3. The minimum atomic E-state index is -0.977. The summed E-state index contributed by atoms with van der Waals surface area (Å²) in [5.74, 6) is -1.86. The second-order valence-electron chi connectivity index (χ2n) is 7.10. The molecule has 12 nitrogen and oxygen atoms in total. The highest BCUT2D eigenvalue weighted by atomic mass is 16.6. The number of unbranched alkanes of at least 4 members (excludes halogenated alkanes) is 3. The van der Waals surface area contributed by atoms with Gasteiger partial charge in [-0.3, -0.25) is 35.1 Å². The Labute approximate surface area is 180 Å². The lowest BCUT2D eigenvalue weighted by atomic mass is 9.97. The van der Waals surface area contributed by atoms with E-state index in [9.17, 15) is 39.9 Å². The van der Waals surface area contributed by atoms with Crippen LogP contribution in [-0.4, -0.2) is 33.1 Å². The molecule has 12 heteroatoms. The van der Waals surface area contributed by atoms with Crippen molar-refractivity contribution in [3.05, 3.63) is 71.3 Å². The maximum absolute atomic E-state index is 12.9. The summed E-state index contributed by atoms with van der Waals surface area (Å²) >= 11 is 0. The Hall–Kier alpha value is -4.22. The molecule has 0 fully saturated rings. The van der Waals surface area contributed by atoms with Gasteiger partial charge in [-0.1, -0.05) is 26.2 Å². The molecule has 2 aromatic carbocycles. The lowest BCUT2D eigenvalue weighted by molar-refractivity contribution is -0.393. The normalized spacial score (nSPS) is 11.6. The van der Waals surface area contributed by atoms with Crippen molar-refractivity contribution >= 4 is 28.8 Å². The molecule has 0 radical (unpaired) electrons. The molecule has 0 atom stereocenters. The average molecular weight is 443 g/mol. The SMILES string of the molecule is CCCCCCOC(=O)c1cc([N+](=O)[O-])cc2c1-c1c(cc([N+](=O)[O-])cc1[N+](=O)[O-])C2=O. The van der Waals surface area contributed by atoms with Gasteiger partial charge < -0.3 is 4.74 Å². The van der Waals surface area contributed by atoms with Gasteiger partial charge in [0.05, 0.1) is 38.6 Å². The van der Waals surface area contributed by atoms with Gasteiger partial charge in [-0.2, -0.15) is 0 Å². The highest BCUT2D eigenvalue weighted by Crippen LogP contribution is 2.47. The standard InChI is InChI=1S/C20H17N3O9/c1-2-3-4-5-6-32-20(25)15-9-11(21(26)27)7-13-17(15)18-14(19(13)24)8-12(22(28)29)10-16(18)23(30)31/h7-10H,2-6H2,1H3. The third-order valence-corrected chi connectivity index (χ3v) is 5.03. The molecule has 0 spiro atoms. The zero-order valence-corrected chi connectivity index (χ0v) is 16.9. The van der Waals surface area contributed by atoms with Gasteiger partial charge in [0.25, 0.3) is 17.1 Å². The number of nitrogens with zero attached hydrogens (tertiary/aromatic N) is 3. The summed E-state index contributed by atoms with van der Waals surface area (Å²) in [5.41, 5.74) is -3.61. The number of carbonyl (C=O) groups excluding carboxylic acids is 2. The van der Waals surface area contributed by atoms with Crippen LogP contribution in [0.15, 0.2) is 24.3 Å². The molecule has 0 saturated heterocycles. The van der Waals surface area contributed by atoms with Gasteiger partial charge in [-0.05, 0) is 6.42 Å². The molecule has 1 aliphatic carbocycles. The number of hydrogen-bond donors (Lipinski definition) is 0. The quantitative estimate of drug-likeness (QED) is 0.201. The van der Waals surface area contributed by atoms with Crippen molar-refractivity contribution in [2.45, 2.75) is 32.6 Å². The monoisotopic (exact) mass is 443 g/mol. The van der Waals surface area contributed by atoms with Gasteiger partial charge in [-0.25, -0.2) is 4.79 Å². The molecule has 0 heterocycles. The minimum absolute atomic E-state index is 0.0272. The highest BCUT2D eigenvalue weighted by molar-refractivity contribution is 6.26. The second kappa shape index (κ2) is 8.88. The van der Waals surface area contributed by atoms with Gasteiger partial charge in [0.15, 0.2) is 5.78 Å². The van der Waals surface area contributed by atoms with Crippen LogP contribution in [0.3, 0.4) is 0 Å². The Morgan fingerprint density at radius 2 is 1.44 bits per heavy atom. The van der Waals surface area contributed by atoms with Crippen LogP contribution in [0.4, 0.5) is 17.1 Å². The number of carbonyl (C=O) groups is 2. The van der Waals surface area contributed by atoms with Crippen molar-refractivity contribution in [1.82, 2.24) is 0 Å². The lowest BCUT2D eigenvalue weighted by Crippen LogP contribution is -2.10. The van der Waals surface area contributed by atoms with Crippen molar-refractivity contribution in [2.24, 2.45) is 0 Å². The number of hydrogen-bond acceptors (Lipinski definition) is 9. The zero-order valence-electron chi connectivity index (χ0n) is 16.9. The van der Waals surface area contributed by atoms with Crippen molar-refractivity contribution in [2.75, 3.05) is 6.61 Å². The number of benzene rings is 2. The lowest BCUT2D eigenvalue weighted by Gasteiger charge is -2.10. The molecule has 0 unspecified atom stereocenters. The van der Waals surface area contributed by atoms with Crippen LogP contribution in [0.25, 0.3) is 11.1 Å². The summed E-state index contributed by atoms with van der Waals surface area (Å²) in [6.07, 6.45) is 3.24.